The van der Waals surface area contributed by atoms with Gasteiger partial charge in [0.2, 0.25) is 0 Å². The standard InChI is InChI=1S/C28H24F3NS/c1-16-11-17(2)13-18(12-16)26-23-6-5-21-20(22(23)9-10-32-26)7-8-25-24(21)14-19(33-25)15-27(3,4)28(29,30)31/h5-14H,15H2,1-4H3. The maximum Gasteiger partial charge on any atom is 0.394 e. The molecule has 0 saturated carbocycles. The van der Waals surface area contributed by atoms with Crippen LogP contribution < -0.4 is 0 Å². The van der Waals surface area contributed by atoms with Gasteiger partial charge in [-0.05, 0) is 66.8 Å². The van der Waals surface area contributed by atoms with Crippen molar-refractivity contribution in [3.05, 3.63) is 76.8 Å². The Morgan fingerprint density at radius 3 is 2.06 bits per heavy atom. The van der Waals surface area contributed by atoms with Crippen LogP contribution in [0.3, 0.4) is 0 Å². The summed E-state index contributed by atoms with van der Waals surface area (Å²) in [6, 6.07) is 18.7. The lowest BCUT2D eigenvalue weighted by atomic mass is 9.88. The molecule has 3 aromatic carbocycles. The zero-order valence-corrected chi connectivity index (χ0v) is 19.8. The Kier molecular flexibility index (Phi) is 5.02. The van der Waals surface area contributed by atoms with Gasteiger partial charge in [0.05, 0.1) is 11.1 Å². The zero-order chi connectivity index (χ0) is 23.5. The molecule has 5 heteroatoms. The SMILES string of the molecule is Cc1cc(C)cc(-c2nccc3c2ccc2c4cc(CC(C)(C)C(F)(F)F)sc4ccc32)c1. The topological polar surface area (TPSA) is 12.9 Å². The van der Waals surface area contributed by atoms with Gasteiger partial charge in [-0.15, -0.1) is 11.3 Å². The molecular weight excluding hydrogens is 439 g/mol. The number of aromatic nitrogens is 1. The second kappa shape index (κ2) is 7.56. The first-order chi connectivity index (χ1) is 15.5. The monoisotopic (exact) mass is 463 g/mol. The highest BCUT2D eigenvalue weighted by Gasteiger charge is 2.47. The van der Waals surface area contributed by atoms with Crippen molar-refractivity contribution in [1.82, 2.24) is 4.98 Å². The van der Waals surface area contributed by atoms with Crippen molar-refractivity contribution in [2.45, 2.75) is 40.3 Å². The van der Waals surface area contributed by atoms with Gasteiger partial charge in [0.15, 0.2) is 0 Å². The number of nitrogens with zero attached hydrogens (tertiary/aromatic N) is 1. The van der Waals surface area contributed by atoms with E-state index in [1.165, 1.54) is 36.3 Å². The summed E-state index contributed by atoms with van der Waals surface area (Å²) in [6.45, 7) is 6.71. The number of thiophene rings is 1. The lowest BCUT2D eigenvalue weighted by molar-refractivity contribution is -0.210. The molecule has 0 aliphatic carbocycles. The summed E-state index contributed by atoms with van der Waals surface area (Å²) in [5.74, 6) is 0. The summed E-state index contributed by atoms with van der Waals surface area (Å²) in [5, 5.41) is 5.33. The Hall–Kier alpha value is -2.92. The molecule has 0 bridgehead atoms. The number of benzene rings is 3. The van der Waals surface area contributed by atoms with Gasteiger partial charge in [-0.25, -0.2) is 0 Å². The molecule has 0 radical (unpaired) electrons. The van der Waals surface area contributed by atoms with Crippen molar-refractivity contribution < 1.29 is 13.2 Å². The molecule has 0 atom stereocenters. The minimum atomic E-state index is -4.24. The van der Waals surface area contributed by atoms with Crippen molar-refractivity contribution in [1.29, 1.82) is 0 Å². The Morgan fingerprint density at radius 2 is 1.36 bits per heavy atom. The molecule has 0 N–H and O–H groups in total. The third kappa shape index (κ3) is 3.78. The van der Waals surface area contributed by atoms with Gasteiger partial charge in [0, 0.05) is 32.1 Å². The van der Waals surface area contributed by atoms with Gasteiger partial charge in [-0.3, -0.25) is 4.98 Å². The molecule has 0 aliphatic heterocycles. The molecule has 33 heavy (non-hydrogen) atoms. The van der Waals surface area contributed by atoms with Gasteiger partial charge >= 0.3 is 6.18 Å². The minimum absolute atomic E-state index is 0.0221. The van der Waals surface area contributed by atoms with Crippen molar-refractivity contribution in [2.75, 3.05) is 0 Å². The van der Waals surface area contributed by atoms with Crippen molar-refractivity contribution in [2.24, 2.45) is 5.41 Å². The molecule has 0 spiro atoms. The van der Waals surface area contributed by atoms with E-state index in [0.29, 0.717) is 0 Å². The van der Waals surface area contributed by atoms with E-state index in [0.717, 1.165) is 47.8 Å². The third-order valence-electron chi connectivity index (χ3n) is 6.37. The van der Waals surface area contributed by atoms with E-state index in [2.05, 4.69) is 50.2 Å². The quantitative estimate of drug-likeness (QED) is 0.243. The Morgan fingerprint density at radius 1 is 0.758 bits per heavy atom. The van der Waals surface area contributed by atoms with E-state index in [9.17, 15) is 13.2 Å². The molecule has 168 valence electrons. The van der Waals surface area contributed by atoms with Crippen molar-refractivity contribution in [3.8, 4) is 11.3 Å². The van der Waals surface area contributed by atoms with E-state index in [4.69, 9.17) is 4.98 Å². The summed E-state index contributed by atoms with van der Waals surface area (Å²) >= 11 is 1.45. The summed E-state index contributed by atoms with van der Waals surface area (Å²) in [6.07, 6.45) is -2.42. The van der Waals surface area contributed by atoms with Crippen LogP contribution in [0.15, 0.2) is 60.8 Å². The van der Waals surface area contributed by atoms with Gasteiger partial charge in [0.25, 0.3) is 0 Å². The van der Waals surface area contributed by atoms with Crippen LogP contribution in [0.4, 0.5) is 13.2 Å². The van der Waals surface area contributed by atoms with Gasteiger partial charge in [0.1, 0.15) is 0 Å². The van der Waals surface area contributed by atoms with Gasteiger partial charge in [-0.1, -0.05) is 49.2 Å². The zero-order valence-electron chi connectivity index (χ0n) is 19.0. The number of halogens is 3. The normalized spacial score (nSPS) is 12.8. The highest BCUT2D eigenvalue weighted by atomic mass is 32.1. The number of fused-ring (bicyclic) bond motifs is 5. The van der Waals surface area contributed by atoms with E-state index in [-0.39, 0.29) is 6.42 Å². The average Bonchev–Trinajstić information content (AvgIpc) is 3.13. The number of alkyl halides is 3. The molecule has 2 heterocycles. The van der Waals surface area contributed by atoms with Crippen molar-refractivity contribution >= 4 is 43.0 Å². The van der Waals surface area contributed by atoms with Crippen molar-refractivity contribution in [3.63, 3.8) is 0 Å². The van der Waals surface area contributed by atoms with E-state index in [1.54, 1.807) is 0 Å². The molecule has 0 saturated heterocycles. The van der Waals surface area contributed by atoms with E-state index < -0.39 is 11.6 Å². The largest absolute Gasteiger partial charge is 0.394 e. The molecule has 1 nitrogen and oxygen atoms in total. The lowest BCUT2D eigenvalue weighted by Crippen LogP contribution is -2.33. The second-order valence-corrected chi connectivity index (χ2v) is 10.7. The van der Waals surface area contributed by atoms with Crippen LogP contribution in [0.5, 0.6) is 0 Å². The fraction of sp³-hybridized carbons (Fsp3) is 0.250. The molecule has 0 amide bonds. The summed E-state index contributed by atoms with van der Waals surface area (Å²) < 4.78 is 41.3. The first kappa shape index (κ1) is 21.9. The number of hydrogen-bond donors (Lipinski definition) is 0. The molecule has 0 fully saturated rings. The number of hydrogen-bond acceptors (Lipinski definition) is 2. The van der Waals surface area contributed by atoms with Crippen LogP contribution in [-0.4, -0.2) is 11.2 Å². The predicted octanol–water partition coefficient (Wildman–Crippen LogP) is 9.02. The Bertz CT molecular complexity index is 1510. The summed E-state index contributed by atoms with van der Waals surface area (Å²) in [7, 11) is 0. The number of pyridine rings is 1. The maximum atomic E-state index is 13.4. The third-order valence-corrected chi connectivity index (χ3v) is 7.47. The number of rotatable bonds is 3. The van der Waals surface area contributed by atoms with Crippen LogP contribution in [-0.2, 0) is 6.42 Å². The summed E-state index contributed by atoms with van der Waals surface area (Å²) in [5.41, 5.74) is 2.66. The van der Waals surface area contributed by atoms with Gasteiger partial charge < -0.3 is 0 Å². The summed E-state index contributed by atoms with van der Waals surface area (Å²) in [4.78, 5) is 5.45. The smallest absolute Gasteiger partial charge is 0.256 e. The molecule has 2 aromatic heterocycles. The first-order valence-corrected chi connectivity index (χ1v) is 11.7. The van der Waals surface area contributed by atoms with E-state index >= 15 is 0 Å². The van der Waals surface area contributed by atoms with Crippen LogP contribution in [0.1, 0.15) is 29.9 Å². The highest BCUT2D eigenvalue weighted by Crippen LogP contribution is 2.43. The Labute approximate surface area is 194 Å². The maximum absolute atomic E-state index is 13.4. The molecule has 5 aromatic rings. The fourth-order valence-electron chi connectivity index (χ4n) is 4.61. The Balaban J connectivity index is 1.68. The predicted molar refractivity (Wildman–Crippen MR) is 133 cm³/mol. The lowest BCUT2D eigenvalue weighted by Gasteiger charge is -2.26. The molecular formula is C28H24F3NS. The molecule has 5 rings (SSSR count). The molecule has 0 unspecified atom stereocenters. The minimum Gasteiger partial charge on any atom is -0.256 e. The molecule has 0 aliphatic rings. The van der Waals surface area contributed by atoms with Gasteiger partial charge in [-0.2, -0.15) is 13.2 Å². The van der Waals surface area contributed by atoms with Crippen LogP contribution >= 0.6 is 11.3 Å². The number of aryl methyl sites for hydroxylation is 2. The fourth-order valence-corrected chi connectivity index (χ4v) is 5.92. The van der Waals surface area contributed by atoms with E-state index in [1.807, 2.05) is 24.4 Å². The van der Waals surface area contributed by atoms with Crippen LogP contribution in [0.25, 0.3) is 42.9 Å². The van der Waals surface area contributed by atoms with Crippen LogP contribution in [0, 0.1) is 19.3 Å². The highest BCUT2D eigenvalue weighted by molar-refractivity contribution is 7.19. The first-order valence-electron chi connectivity index (χ1n) is 10.9. The average molecular weight is 464 g/mol. The second-order valence-electron chi connectivity index (χ2n) is 9.54. The van der Waals surface area contributed by atoms with Crippen LogP contribution in [0.2, 0.25) is 0 Å².